The normalized spacial score (nSPS) is 34.1. The molecular formula is C35H44O23. The maximum atomic E-state index is 14.5. The molecule has 14 atom stereocenters. The number of hydrogen-bond donors (Lipinski definition) is 12. The summed E-state index contributed by atoms with van der Waals surface area (Å²) in [5.74, 6) is -4.51. The second kappa shape index (κ2) is 17.5. The van der Waals surface area contributed by atoms with Gasteiger partial charge in [-0.15, -0.1) is 0 Å². The Morgan fingerprint density at radius 2 is 1.38 bits per heavy atom. The van der Waals surface area contributed by atoms with Crippen molar-refractivity contribution in [2.45, 2.75) is 86.0 Å². The molecule has 0 aliphatic carbocycles. The van der Waals surface area contributed by atoms with E-state index in [0.717, 1.165) is 14.2 Å². The minimum atomic E-state index is -2.15. The van der Waals surface area contributed by atoms with E-state index >= 15 is 0 Å². The van der Waals surface area contributed by atoms with Crippen molar-refractivity contribution in [3.63, 3.8) is 0 Å². The first-order valence-corrected chi connectivity index (χ1v) is 17.5. The van der Waals surface area contributed by atoms with Crippen LogP contribution in [0.25, 0.3) is 22.3 Å². The lowest BCUT2D eigenvalue weighted by atomic mass is 9.97. The minimum Gasteiger partial charge on any atom is -0.504 e. The van der Waals surface area contributed by atoms with E-state index in [1.165, 1.54) is 25.3 Å². The molecule has 0 spiro atoms. The zero-order chi connectivity index (χ0) is 42.3. The molecule has 6 rings (SSSR count). The highest BCUT2D eigenvalue weighted by molar-refractivity contribution is 5.96. The maximum absolute atomic E-state index is 14.5. The minimum absolute atomic E-state index is 0.0348. The molecule has 58 heavy (non-hydrogen) atoms. The van der Waals surface area contributed by atoms with Crippen LogP contribution < -0.4 is 24.4 Å². The van der Waals surface area contributed by atoms with Gasteiger partial charge in [0.15, 0.2) is 41.2 Å². The molecule has 2 aromatic carbocycles. The summed E-state index contributed by atoms with van der Waals surface area (Å²) >= 11 is 0. The van der Waals surface area contributed by atoms with Gasteiger partial charge in [-0.3, -0.25) is 4.79 Å². The molecule has 1 aromatic heterocycles. The topological polar surface area (TPSA) is 356 Å². The van der Waals surface area contributed by atoms with E-state index in [0.29, 0.717) is 0 Å². The van der Waals surface area contributed by atoms with Gasteiger partial charge < -0.3 is 108 Å². The van der Waals surface area contributed by atoms with Crippen LogP contribution in [-0.4, -0.2) is 188 Å². The molecule has 0 saturated carbocycles. The van der Waals surface area contributed by atoms with Crippen molar-refractivity contribution in [2.75, 3.05) is 41.2 Å². The summed E-state index contributed by atoms with van der Waals surface area (Å²) in [5, 5.41) is 126. The van der Waals surface area contributed by atoms with Crippen molar-refractivity contribution < 1.29 is 108 Å². The summed E-state index contributed by atoms with van der Waals surface area (Å²) in [6, 6.07) is 3.65. The molecule has 0 bridgehead atoms. The van der Waals surface area contributed by atoms with Gasteiger partial charge in [0.1, 0.15) is 72.5 Å². The van der Waals surface area contributed by atoms with Crippen LogP contribution in [0.15, 0.2) is 27.4 Å². The fourth-order valence-corrected chi connectivity index (χ4v) is 6.69. The second-order valence-corrected chi connectivity index (χ2v) is 13.5. The maximum Gasteiger partial charge on any atom is 0.239 e. The van der Waals surface area contributed by atoms with E-state index in [-0.39, 0.29) is 17.1 Å². The largest absolute Gasteiger partial charge is 0.504 e. The standard InChI is InChI=1S/C35H44O23/c1-49-13-6-10(4-5-11(13)37)27-32(21(43)16-20(42)29(50-2)25(47)31(51-3)28(16)56-27)58-35-26(48)30(57-34-23(45)17(39)12(38)8-52-34)19(41)15(55-35)9-53-33-24(46)22(44)18(40)14(7-36)54-33/h4-6,12,14-15,17-19,22-24,26,30,33-42,44-48H,7-9H2,1-3H3/t12-,14+,15-,17-,18-,19-,22-,23-,24+,26+,30-,33+,34-,35-/m0/s1. The number of fused-ring (bicyclic) bond motifs is 1. The highest BCUT2D eigenvalue weighted by Crippen LogP contribution is 2.51. The van der Waals surface area contributed by atoms with Crippen molar-refractivity contribution in [1.29, 1.82) is 0 Å². The molecular weight excluding hydrogens is 788 g/mol. The number of phenols is 3. The molecule has 3 fully saturated rings. The lowest BCUT2D eigenvalue weighted by Gasteiger charge is -2.45. The average molecular weight is 833 g/mol. The van der Waals surface area contributed by atoms with E-state index < -0.39 is 157 Å². The zero-order valence-corrected chi connectivity index (χ0v) is 30.8. The highest BCUT2D eigenvalue weighted by atomic mass is 16.7. The molecule has 3 saturated heterocycles. The number of aromatic hydroxyl groups is 3. The number of ether oxygens (including phenoxy) is 9. The van der Waals surface area contributed by atoms with E-state index in [9.17, 15) is 66.1 Å². The zero-order valence-electron chi connectivity index (χ0n) is 30.8. The predicted molar refractivity (Wildman–Crippen MR) is 186 cm³/mol. The van der Waals surface area contributed by atoms with Crippen LogP contribution in [0.3, 0.4) is 0 Å². The third-order valence-electron chi connectivity index (χ3n) is 9.90. The van der Waals surface area contributed by atoms with Gasteiger partial charge in [-0.05, 0) is 18.2 Å². The molecule has 3 aliphatic rings. The Morgan fingerprint density at radius 3 is 2.03 bits per heavy atom. The summed E-state index contributed by atoms with van der Waals surface area (Å²) in [4.78, 5) is 14.5. The molecule has 0 radical (unpaired) electrons. The Hall–Kier alpha value is -4.31. The third kappa shape index (κ3) is 7.78. The number of phenolic OH excluding ortho intramolecular Hbond substituents is 3. The number of hydrogen-bond acceptors (Lipinski definition) is 23. The van der Waals surface area contributed by atoms with Crippen LogP contribution in [-0.2, 0) is 23.7 Å². The molecule has 3 aliphatic heterocycles. The molecule has 23 heteroatoms. The van der Waals surface area contributed by atoms with Crippen LogP contribution >= 0.6 is 0 Å². The van der Waals surface area contributed by atoms with Gasteiger partial charge in [0, 0.05) is 5.56 Å². The molecule has 12 N–H and O–H groups in total. The first-order chi connectivity index (χ1) is 27.6. The summed E-state index contributed by atoms with van der Waals surface area (Å²) in [5.41, 5.74) is -1.74. The van der Waals surface area contributed by atoms with Crippen LogP contribution in [0.1, 0.15) is 0 Å². The van der Waals surface area contributed by atoms with Crippen LogP contribution in [0, 0.1) is 0 Å². The van der Waals surface area contributed by atoms with Gasteiger partial charge in [0.2, 0.25) is 34.7 Å². The van der Waals surface area contributed by atoms with Gasteiger partial charge in [0.05, 0.1) is 41.2 Å². The number of rotatable bonds is 12. The number of methoxy groups -OCH3 is 3. The summed E-state index contributed by atoms with van der Waals surface area (Å²) in [6.07, 6.45) is -25.5. The van der Waals surface area contributed by atoms with Crippen LogP contribution in [0.4, 0.5) is 0 Å². The van der Waals surface area contributed by atoms with Gasteiger partial charge >= 0.3 is 0 Å². The first-order valence-electron chi connectivity index (χ1n) is 17.5. The second-order valence-electron chi connectivity index (χ2n) is 13.5. The van der Waals surface area contributed by atoms with Gasteiger partial charge in [-0.1, -0.05) is 0 Å². The van der Waals surface area contributed by atoms with Gasteiger partial charge in [-0.2, -0.15) is 0 Å². The number of aliphatic hydroxyl groups is 9. The molecule has 23 nitrogen and oxygen atoms in total. The van der Waals surface area contributed by atoms with Crippen molar-refractivity contribution in [3.05, 3.63) is 28.4 Å². The van der Waals surface area contributed by atoms with E-state index in [1.54, 1.807) is 0 Å². The fourth-order valence-electron chi connectivity index (χ4n) is 6.69. The predicted octanol–water partition coefficient (Wildman–Crippen LogP) is -3.93. The van der Waals surface area contributed by atoms with E-state index in [4.69, 9.17) is 47.0 Å². The average Bonchev–Trinajstić information content (AvgIpc) is 3.20. The Kier molecular flexibility index (Phi) is 13.1. The van der Waals surface area contributed by atoms with E-state index in [2.05, 4.69) is 0 Å². The Bertz CT molecular complexity index is 1970. The molecule has 322 valence electrons. The molecule has 3 aromatic rings. The first kappa shape index (κ1) is 43.3. The summed E-state index contributed by atoms with van der Waals surface area (Å²) in [7, 11) is 3.43. The molecule has 4 heterocycles. The van der Waals surface area contributed by atoms with Crippen molar-refractivity contribution in [2.24, 2.45) is 0 Å². The fraction of sp³-hybridized carbons (Fsp3) is 0.571. The Labute approximate surface area is 326 Å². The van der Waals surface area contributed by atoms with Crippen molar-refractivity contribution >= 4 is 11.0 Å². The monoisotopic (exact) mass is 832 g/mol. The smallest absolute Gasteiger partial charge is 0.239 e. The van der Waals surface area contributed by atoms with Crippen LogP contribution in [0.5, 0.6) is 40.2 Å². The Morgan fingerprint density at radius 1 is 0.707 bits per heavy atom. The SMILES string of the molecule is COc1cc(-c2oc3c(OC)c(O)c(OC)c(O)c3c(=O)c2O[C@@H]2O[C@@H](CO[C@@H]3O[C@H](CO)[C@H](O)[C@H](O)[C@H]3O)[C@H](O)[C@H](O[C@@H]3OC[C@H](O)[C@H](O)[C@@H]3O)[C@H]2O)ccc1O. The molecule has 0 amide bonds. The van der Waals surface area contributed by atoms with E-state index in [1.807, 2.05) is 0 Å². The van der Waals surface area contributed by atoms with Crippen LogP contribution in [0.2, 0.25) is 0 Å². The van der Waals surface area contributed by atoms with Gasteiger partial charge in [0.25, 0.3) is 0 Å². The quantitative estimate of drug-likeness (QED) is 0.0829. The number of aliphatic hydroxyl groups excluding tert-OH is 9. The number of benzene rings is 2. The lowest BCUT2D eigenvalue weighted by molar-refractivity contribution is -0.349. The van der Waals surface area contributed by atoms with Crippen molar-refractivity contribution in [1.82, 2.24) is 0 Å². The highest BCUT2D eigenvalue weighted by Gasteiger charge is 2.52. The van der Waals surface area contributed by atoms with Crippen molar-refractivity contribution in [3.8, 4) is 51.6 Å². The lowest BCUT2D eigenvalue weighted by Crippen LogP contribution is -2.64. The van der Waals surface area contributed by atoms with Gasteiger partial charge in [-0.25, -0.2) is 0 Å². The third-order valence-corrected chi connectivity index (χ3v) is 9.90. The Balaban J connectivity index is 1.44. The summed E-state index contributed by atoms with van der Waals surface area (Å²) in [6.45, 7) is -2.15. The summed E-state index contributed by atoms with van der Waals surface area (Å²) < 4.78 is 55.5. The molecule has 0 unspecified atom stereocenters.